The van der Waals surface area contributed by atoms with E-state index in [9.17, 15) is 4.79 Å². The highest BCUT2D eigenvalue weighted by Crippen LogP contribution is 2.23. The molecule has 0 radical (unpaired) electrons. The van der Waals surface area contributed by atoms with Crippen molar-refractivity contribution in [3.63, 3.8) is 0 Å². The van der Waals surface area contributed by atoms with E-state index < -0.39 is 0 Å². The van der Waals surface area contributed by atoms with Gasteiger partial charge in [-0.05, 0) is 19.1 Å². The molecule has 0 spiro atoms. The summed E-state index contributed by atoms with van der Waals surface area (Å²) in [4.78, 5) is 20.6. The number of hydrogen-bond acceptors (Lipinski definition) is 5. The van der Waals surface area contributed by atoms with Gasteiger partial charge in [-0.25, -0.2) is 14.8 Å². The number of para-hydroxylation sites is 1. The highest BCUT2D eigenvalue weighted by atomic mass is 16.5. The van der Waals surface area contributed by atoms with Crippen LogP contribution < -0.4 is 5.32 Å². The van der Waals surface area contributed by atoms with Crippen LogP contribution in [0.15, 0.2) is 67.0 Å². The quantitative estimate of drug-likeness (QED) is 0.718. The van der Waals surface area contributed by atoms with Gasteiger partial charge in [-0.3, -0.25) is 0 Å². The van der Waals surface area contributed by atoms with Gasteiger partial charge in [0.1, 0.15) is 12.1 Å². The fourth-order valence-electron chi connectivity index (χ4n) is 2.31. The third-order valence-corrected chi connectivity index (χ3v) is 3.42. The molecule has 5 nitrogen and oxygen atoms in total. The lowest BCUT2D eigenvalue weighted by atomic mass is 10.1. The highest BCUT2D eigenvalue weighted by Gasteiger charge is 2.12. The van der Waals surface area contributed by atoms with Crippen molar-refractivity contribution in [2.75, 3.05) is 11.9 Å². The molecule has 3 aromatic rings. The average molecular weight is 319 g/mol. The summed E-state index contributed by atoms with van der Waals surface area (Å²) >= 11 is 0. The Balaban J connectivity index is 1.89. The minimum absolute atomic E-state index is 0.332. The zero-order chi connectivity index (χ0) is 16.8. The summed E-state index contributed by atoms with van der Waals surface area (Å²) < 4.78 is 5.09. The van der Waals surface area contributed by atoms with Crippen LogP contribution >= 0.6 is 0 Å². The Hall–Kier alpha value is -3.21. The summed E-state index contributed by atoms with van der Waals surface area (Å²) in [5.74, 6) is 0.249. The molecule has 24 heavy (non-hydrogen) atoms. The molecule has 0 saturated carbocycles. The van der Waals surface area contributed by atoms with E-state index in [1.807, 2.05) is 48.5 Å². The maximum Gasteiger partial charge on any atom is 0.340 e. The molecule has 0 saturated heterocycles. The summed E-state index contributed by atoms with van der Waals surface area (Å²) in [6.07, 6.45) is 1.50. The molecule has 1 heterocycles. The molecule has 0 bridgehead atoms. The van der Waals surface area contributed by atoms with E-state index >= 15 is 0 Å². The lowest BCUT2D eigenvalue weighted by Gasteiger charge is -2.11. The second-order valence-corrected chi connectivity index (χ2v) is 5.05. The van der Waals surface area contributed by atoms with E-state index in [1.54, 1.807) is 19.1 Å². The molecule has 5 heteroatoms. The van der Waals surface area contributed by atoms with Gasteiger partial charge in [0.2, 0.25) is 0 Å². The number of anilines is 2. The molecule has 0 fully saturated rings. The number of esters is 1. The first-order valence-corrected chi connectivity index (χ1v) is 7.68. The molecule has 0 amide bonds. The standard InChI is InChI=1S/C19H17N3O2/c1-2-24-19(23)15-10-6-7-11-16(15)22-18-12-17(20-13-21-18)14-8-4-3-5-9-14/h3-13H,2H2,1H3,(H,20,21,22). The number of aromatic nitrogens is 2. The van der Waals surface area contributed by atoms with Crippen LogP contribution in [0.4, 0.5) is 11.5 Å². The molecule has 0 aliphatic carbocycles. The van der Waals surface area contributed by atoms with Crippen molar-refractivity contribution >= 4 is 17.5 Å². The fourth-order valence-corrected chi connectivity index (χ4v) is 2.31. The van der Waals surface area contributed by atoms with E-state index in [0.717, 1.165) is 11.3 Å². The first-order valence-electron chi connectivity index (χ1n) is 7.68. The maximum atomic E-state index is 12.0. The number of carbonyl (C=O) groups is 1. The Kier molecular flexibility index (Phi) is 4.81. The smallest absolute Gasteiger partial charge is 0.340 e. The molecule has 0 aliphatic rings. The van der Waals surface area contributed by atoms with E-state index in [4.69, 9.17) is 4.74 Å². The zero-order valence-electron chi connectivity index (χ0n) is 13.3. The van der Waals surface area contributed by atoms with Gasteiger partial charge in [0.05, 0.1) is 23.6 Å². The SMILES string of the molecule is CCOC(=O)c1ccccc1Nc1cc(-c2ccccc2)ncn1. The van der Waals surface area contributed by atoms with Gasteiger partial charge in [0, 0.05) is 11.6 Å². The van der Waals surface area contributed by atoms with Crippen molar-refractivity contribution < 1.29 is 9.53 Å². The summed E-state index contributed by atoms with van der Waals surface area (Å²) in [7, 11) is 0. The molecule has 1 N–H and O–H groups in total. The molecule has 0 aliphatic heterocycles. The van der Waals surface area contributed by atoms with Crippen molar-refractivity contribution in [1.82, 2.24) is 9.97 Å². The summed E-state index contributed by atoms with van der Waals surface area (Å²) in [6.45, 7) is 2.11. The first kappa shape index (κ1) is 15.7. The van der Waals surface area contributed by atoms with Gasteiger partial charge < -0.3 is 10.1 Å². The summed E-state index contributed by atoms with van der Waals surface area (Å²) in [5, 5.41) is 3.17. The predicted molar refractivity (Wildman–Crippen MR) is 93.1 cm³/mol. The Morgan fingerprint density at radius 3 is 2.58 bits per heavy atom. The van der Waals surface area contributed by atoms with Gasteiger partial charge in [-0.1, -0.05) is 42.5 Å². The molecular weight excluding hydrogens is 302 g/mol. The molecule has 120 valence electrons. The number of hydrogen-bond donors (Lipinski definition) is 1. The van der Waals surface area contributed by atoms with Gasteiger partial charge in [-0.15, -0.1) is 0 Å². The van der Waals surface area contributed by atoms with Gasteiger partial charge >= 0.3 is 5.97 Å². The molecule has 2 aromatic carbocycles. The lowest BCUT2D eigenvalue weighted by molar-refractivity contribution is 0.0527. The Bertz CT molecular complexity index is 835. The first-order chi connectivity index (χ1) is 11.8. The van der Waals surface area contributed by atoms with Gasteiger partial charge in [-0.2, -0.15) is 0 Å². The zero-order valence-corrected chi connectivity index (χ0v) is 13.3. The number of benzene rings is 2. The van der Waals surface area contributed by atoms with Crippen LogP contribution in [0.3, 0.4) is 0 Å². The van der Waals surface area contributed by atoms with Gasteiger partial charge in [0.25, 0.3) is 0 Å². The molecule has 3 rings (SSSR count). The Morgan fingerprint density at radius 1 is 1.04 bits per heavy atom. The second-order valence-electron chi connectivity index (χ2n) is 5.05. The predicted octanol–water partition coefficient (Wildman–Crippen LogP) is 4.06. The highest BCUT2D eigenvalue weighted by molar-refractivity contribution is 5.96. The van der Waals surface area contributed by atoms with Gasteiger partial charge in [0.15, 0.2) is 0 Å². The van der Waals surface area contributed by atoms with E-state index in [2.05, 4.69) is 15.3 Å². The molecular formula is C19H17N3O2. The van der Waals surface area contributed by atoms with Crippen molar-refractivity contribution in [3.05, 3.63) is 72.6 Å². The van der Waals surface area contributed by atoms with Crippen molar-refractivity contribution in [3.8, 4) is 11.3 Å². The summed E-state index contributed by atoms with van der Waals surface area (Å²) in [6, 6.07) is 18.9. The van der Waals surface area contributed by atoms with Crippen LogP contribution in [0.2, 0.25) is 0 Å². The van der Waals surface area contributed by atoms with Crippen molar-refractivity contribution in [2.45, 2.75) is 6.92 Å². The van der Waals surface area contributed by atoms with E-state index in [-0.39, 0.29) is 5.97 Å². The van der Waals surface area contributed by atoms with Crippen LogP contribution in [-0.2, 0) is 4.74 Å². The number of nitrogens with one attached hydrogen (secondary N) is 1. The maximum absolute atomic E-state index is 12.0. The third-order valence-electron chi connectivity index (χ3n) is 3.42. The van der Waals surface area contributed by atoms with Crippen LogP contribution in [0.25, 0.3) is 11.3 Å². The van der Waals surface area contributed by atoms with E-state index in [0.29, 0.717) is 23.7 Å². The number of ether oxygens (including phenoxy) is 1. The van der Waals surface area contributed by atoms with Crippen LogP contribution in [0.1, 0.15) is 17.3 Å². The van der Waals surface area contributed by atoms with Crippen molar-refractivity contribution in [1.29, 1.82) is 0 Å². The third kappa shape index (κ3) is 3.57. The lowest BCUT2D eigenvalue weighted by Crippen LogP contribution is -2.08. The minimum Gasteiger partial charge on any atom is -0.462 e. The van der Waals surface area contributed by atoms with Crippen LogP contribution in [-0.4, -0.2) is 22.5 Å². The number of rotatable bonds is 5. The second kappa shape index (κ2) is 7.37. The Morgan fingerprint density at radius 2 is 1.79 bits per heavy atom. The molecule has 0 unspecified atom stereocenters. The largest absolute Gasteiger partial charge is 0.462 e. The topological polar surface area (TPSA) is 64.1 Å². The van der Waals surface area contributed by atoms with Crippen molar-refractivity contribution in [2.24, 2.45) is 0 Å². The van der Waals surface area contributed by atoms with E-state index in [1.165, 1.54) is 6.33 Å². The van der Waals surface area contributed by atoms with Crippen LogP contribution in [0.5, 0.6) is 0 Å². The summed E-state index contributed by atoms with van der Waals surface area (Å²) in [5.41, 5.74) is 2.93. The Labute approximate surface area is 140 Å². The minimum atomic E-state index is -0.363. The normalized spacial score (nSPS) is 10.2. The molecule has 1 aromatic heterocycles. The number of carbonyl (C=O) groups excluding carboxylic acids is 1. The van der Waals surface area contributed by atoms with Crippen LogP contribution in [0, 0.1) is 0 Å². The average Bonchev–Trinajstić information content (AvgIpc) is 2.63. The number of nitrogens with zero attached hydrogens (tertiary/aromatic N) is 2. The molecule has 0 atom stereocenters. The monoisotopic (exact) mass is 319 g/mol. The fraction of sp³-hybridized carbons (Fsp3) is 0.105.